The maximum Gasteiger partial charge on any atom is 0.416 e. The lowest BCUT2D eigenvalue weighted by Crippen LogP contribution is -2.11. The van der Waals surface area contributed by atoms with E-state index in [4.69, 9.17) is 4.74 Å². The third-order valence-corrected chi connectivity index (χ3v) is 3.70. The number of aromatic nitrogens is 2. The van der Waals surface area contributed by atoms with Crippen molar-refractivity contribution < 1.29 is 31.5 Å². The molecule has 27 heavy (non-hydrogen) atoms. The maximum absolute atomic E-state index is 12.6. The summed E-state index contributed by atoms with van der Waals surface area (Å²) in [7, 11) is 0. The van der Waals surface area contributed by atoms with Gasteiger partial charge in [0.05, 0.1) is 23.4 Å². The zero-order valence-corrected chi connectivity index (χ0v) is 14.4. The highest BCUT2D eigenvalue weighted by Crippen LogP contribution is 2.30. The number of benzene rings is 1. The Morgan fingerprint density at radius 2 is 1.78 bits per heavy atom. The quantitative estimate of drug-likeness (QED) is 0.524. The molecule has 0 bridgehead atoms. The van der Waals surface area contributed by atoms with E-state index in [1.54, 1.807) is 0 Å². The summed E-state index contributed by atoms with van der Waals surface area (Å²) in [5, 5.41) is 0. The van der Waals surface area contributed by atoms with Crippen molar-refractivity contribution >= 4 is 5.97 Å². The molecule has 0 aliphatic carbocycles. The first-order valence-electron chi connectivity index (χ1n) is 7.78. The lowest BCUT2D eigenvalue weighted by Gasteiger charge is -2.09. The lowest BCUT2D eigenvalue weighted by atomic mass is 10.1. The number of ether oxygens (including phenoxy) is 1. The molecule has 0 atom stereocenters. The van der Waals surface area contributed by atoms with Gasteiger partial charge in [0.25, 0.3) is 6.08 Å². The number of hydrogen-bond donors (Lipinski definition) is 0. The molecule has 0 saturated heterocycles. The Labute approximate surface area is 151 Å². The zero-order valence-electron chi connectivity index (χ0n) is 14.4. The summed E-state index contributed by atoms with van der Waals surface area (Å²) in [6.07, 6.45) is -5.17. The summed E-state index contributed by atoms with van der Waals surface area (Å²) in [4.78, 5) is 20.1. The number of nitrogens with zero attached hydrogens (tertiary/aromatic N) is 2. The highest BCUT2D eigenvalue weighted by molar-refractivity contribution is 5.90. The number of carbonyl (C=O) groups excluding carboxylic acids is 1. The Hall–Kier alpha value is -2.84. The normalized spacial score (nSPS) is 11.2. The lowest BCUT2D eigenvalue weighted by molar-refractivity contribution is -0.137. The third-order valence-electron chi connectivity index (χ3n) is 3.70. The average Bonchev–Trinajstić information content (AvgIpc) is 2.60. The van der Waals surface area contributed by atoms with Crippen LogP contribution in [-0.2, 0) is 10.9 Å². The van der Waals surface area contributed by atoms with Gasteiger partial charge in [-0.25, -0.2) is 14.8 Å². The Bertz CT molecular complexity index is 857. The van der Waals surface area contributed by atoms with E-state index in [0.717, 1.165) is 12.1 Å². The van der Waals surface area contributed by atoms with Gasteiger partial charge in [0.1, 0.15) is 0 Å². The van der Waals surface area contributed by atoms with E-state index < -0.39 is 23.8 Å². The van der Waals surface area contributed by atoms with Crippen molar-refractivity contribution in [2.24, 2.45) is 0 Å². The van der Waals surface area contributed by atoms with Crippen LogP contribution in [0.3, 0.4) is 0 Å². The summed E-state index contributed by atoms with van der Waals surface area (Å²) in [6.45, 7) is 2.52. The van der Waals surface area contributed by atoms with Crippen LogP contribution in [0.1, 0.15) is 35.0 Å². The molecule has 2 rings (SSSR count). The minimum atomic E-state index is -4.44. The molecule has 0 amide bonds. The van der Waals surface area contributed by atoms with Gasteiger partial charge in [-0.1, -0.05) is 12.1 Å². The van der Waals surface area contributed by atoms with E-state index in [2.05, 4.69) is 9.97 Å². The number of hydrogen-bond acceptors (Lipinski definition) is 4. The topological polar surface area (TPSA) is 52.1 Å². The van der Waals surface area contributed by atoms with Crippen molar-refractivity contribution in [2.75, 3.05) is 6.61 Å². The smallest absolute Gasteiger partial charge is 0.416 e. The van der Waals surface area contributed by atoms with Crippen molar-refractivity contribution in [2.45, 2.75) is 26.4 Å². The predicted octanol–water partition coefficient (Wildman–Crippen LogP) is 5.19. The minimum Gasteiger partial charge on any atom is -0.462 e. The Morgan fingerprint density at radius 1 is 1.15 bits per heavy atom. The van der Waals surface area contributed by atoms with Crippen molar-refractivity contribution in [3.63, 3.8) is 0 Å². The fourth-order valence-electron chi connectivity index (χ4n) is 2.08. The number of alkyl halides is 3. The largest absolute Gasteiger partial charge is 0.462 e. The predicted molar refractivity (Wildman–Crippen MR) is 87.0 cm³/mol. The van der Waals surface area contributed by atoms with Crippen LogP contribution >= 0.6 is 0 Å². The Morgan fingerprint density at radius 3 is 2.30 bits per heavy atom. The highest BCUT2D eigenvalue weighted by atomic mass is 19.4. The molecule has 4 nitrogen and oxygen atoms in total. The van der Waals surface area contributed by atoms with Gasteiger partial charge >= 0.3 is 12.1 Å². The summed E-state index contributed by atoms with van der Waals surface area (Å²) in [6, 6.07) is 4.29. The van der Waals surface area contributed by atoms with Crippen molar-refractivity contribution in [3.8, 4) is 11.4 Å². The fourth-order valence-corrected chi connectivity index (χ4v) is 2.08. The molecule has 2 aromatic rings. The molecule has 1 aromatic heterocycles. The third kappa shape index (κ3) is 5.32. The van der Waals surface area contributed by atoms with Crippen LogP contribution in [0.2, 0.25) is 0 Å². The van der Waals surface area contributed by atoms with Crippen LogP contribution in [0.15, 0.2) is 42.1 Å². The molecular formula is C18H15F5N2O2. The number of rotatable bonds is 5. The van der Waals surface area contributed by atoms with Crippen LogP contribution in [0.4, 0.5) is 22.0 Å². The summed E-state index contributed by atoms with van der Waals surface area (Å²) >= 11 is 0. The molecule has 0 N–H and O–H groups in total. The van der Waals surface area contributed by atoms with Crippen LogP contribution in [0, 0.1) is 6.92 Å². The van der Waals surface area contributed by atoms with Crippen molar-refractivity contribution in [3.05, 3.63) is 58.9 Å². The molecule has 0 saturated carbocycles. The summed E-state index contributed by atoms with van der Waals surface area (Å²) in [5.74, 6) is -0.616. The van der Waals surface area contributed by atoms with Crippen LogP contribution in [-0.4, -0.2) is 22.5 Å². The average molecular weight is 386 g/mol. The number of aryl methyl sites for hydroxylation is 1. The zero-order chi connectivity index (χ0) is 20.2. The van der Waals surface area contributed by atoms with Gasteiger partial charge in [0.2, 0.25) is 0 Å². The molecule has 0 fully saturated rings. The second-order valence-electron chi connectivity index (χ2n) is 5.69. The molecule has 9 heteroatoms. The number of esters is 1. The molecule has 1 aromatic carbocycles. The van der Waals surface area contributed by atoms with E-state index in [1.807, 2.05) is 0 Å². The van der Waals surface area contributed by atoms with E-state index >= 15 is 0 Å². The first-order valence-corrected chi connectivity index (χ1v) is 7.78. The molecule has 0 aliphatic heterocycles. The van der Waals surface area contributed by atoms with Gasteiger partial charge in [-0.05, 0) is 31.6 Å². The SMILES string of the molecule is CC(CCOC(=O)c1cnc(-c2ccc(C(F)(F)F)cc2)nc1C)=C(F)F. The fraction of sp³-hybridized carbons (Fsp3) is 0.278. The second-order valence-corrected chi connectivity index (χ2v) is 5.69. The van der Waals surface area contributed by atoms with E-state index in [9.17, 15) is 26.7 Å². The molecule has 0 spiro atoms. The number of halogens is 5. The molecule has 144 valence electrons. The van der Waals surface area contributed by atoms with Gasteiger partial charge in [-0.3, -0.25) is 0 Å². The Balaban J connectivity index is 2.11. The van der Waals surface area contributed by atoms with E-state index in [-0.39, 0.29) is 35.7 Å². The molecule has 0 aliphatic rings. The van der Waals surface area contributed by atoms with Gasteiger partial charge in [-0.15, -0.1) is 0 Å². The van der Waals surface area contributed by atoms with Gasteiger partial charge in [0, 0.05) is 18.2 Å². The van der Waals surface area contributed by atoms with Crippen LogP contribution in [0.5, 0.6) is 0 Å². The number of carbonyl (C=O) groups is 1. The monoisotopic (exact) mass is 386 g/mol. The van der Waals surface area contributed by atoms with Crippen LogP contribution < -0.4 is 0 Å². The van der Waals surface area contributed by atoms with Gasteiger partial charge < -0.3 is 4.74 Å². The first-order chi connectivity index (χ1) is 12.6. The van der Waals surface area contributed by atoms with Gasteiger partial charge in [0.15, 0.2) is 5.82 Å². The van der Waals surface area contributed by atoms with Crippen molar-refractivity contribution in [1.29, 1.82) is 0 Å². The van der Waals surface area contributed by atoms with E-state index in [1.165, 1.54) is 32.2 Å². The maximum atomic E-state index is 12.6. The van der Waals surface area contributed by atoms with Gasteiger partial charge in [-0.2, -0.15) is 22.0 Å². The summed E-state index contributed by atoms with van der Waals surface area (Å²) in [5.41, 5.74) is -0.308. The Kier molecular flexibility index (Phi) is 6.24. The molecule has 1 heterocycles. The first kappa shape index (κ1) is 20.5. The van der Waals surface area contributed by atoms with Crippen molar-refractivity contribution in [1.82, 2.24) is 9.97 Å². The highest BCUT2D eigenvalue weighted by Gasteiger charge is 2.30. The standard InChI is InChI=1S/C18H15F5N2O2/c1-10(15(19)20)7-8-27-17(26)14-9-24-16(25-11(14)2)12-3-5-13(6-4-12)18(21,22)23/h3-6,9H,7-8H2,1-2H3. The minimum absolute atomic E-state index is 0.0491. The van der Waals surface area contributed by atoms with E-state index in [0.29, 0.717) is 5.56 Å². The van der Waals surface area contributed by atoms with Crippen LogP contribution in [0.25, 0.3) is 11.4 Å². The molecule has 0 radical (unpaired) electrons. The second kappa shape index (κ2) is 8.24. The summed E-state index contributed by atoms with van der Waals surface area (Å²) < 4.78 is 67.3. The molecule has 0 unspecified atom stereocenters. The molecular weight excluding hydrogens is 371 g/mol.